The van der Waals surface area contributed by atoms with Crippen LogP contribution in [0, 0.1) is 11.3 Å². The van der Waals surface area contributed by atoms with Crippen LogP contribution < -0.4 is 5.32 Å². The van der Waals surface area contributed by atoms with Gasteiger partial charge in [-0.05, 0) is 12.0 Å². The second-order valence-electron chi connectivity index (χ2n) is 4.19. The van der Waals surface area contributed by atoms with Crippen molar-refractivity contribution in [1.82, 2.24) is 4.90 Å². The van der Waals surface area contributed by atoms with E-state index < -0.39 is 0 Å². The summed E-state index contributed by atoms with van der Waals surface area (Å²) >= 11 is 6.79. The van der Waals surface area contributed by atoms with Crippen LogP contribution >= 0.6 is 22.9 Å². The number of carbonyl (C=O) groups excluding carboxylic acids is 2. The Labute approximate surface area is 119 Å². The number of alkyl halides is 1. The van der Waals surface area contributed by atoms with Crippen LogP contribution in [0.2, 0.25) is 0 Å². The van der Waals surface area contributed by atoms with Crippen LogP contribution in [0.1, 0.15) is 22.9 Å². The Hall–Kier alpha value is -1.58. The SMILES string of the molecule is CC(=O)N1CCc2c(sc(NC(=O)CCl)c2C#N)C1. The van der Waals surface area contributed by atoms with Crippen molar-refractivity contribution in [2.45, 2.75) is 19.9 Å². The number of fused-ring (bicyclic) bond motifs is 1. The number of nitrogens with one attached hydrogen (secondary N) is 1. The van der Waals surface area contributed by atoms with Crippen molar-refractivity contribution < 1.29 is 9.59 Å². The monoisotopic (exact) mass is 297 g/mol. The molecule has 1 aromatic rings. The zero-order valence-electron chi connectivity index (χ0n) is 10.3. The van der Waals surface area contributed by atoms with Crippen molar-refractivity contribution in [3.63, 3.8) is 0 Å². The highest BCUT2D eigenvalue weighted by molar-refractivity contribution is 7.16. The van der Waals surface area contributed by atoms with Crippen LogP contribution in [0.25, 0.3) is 0 Å². The molecule has 2 rings (SSSR count). The standard InChI is InChI=1S/C12H12ClN3O2S/c1-7(17)16-3-2-8-9(5-14)12(15-11(18)4-13)19-10(8)6-16/h2-4,6H2,1H3,(H,15,18). The van der Waals surface area contributed by atoms with Crippen molar-refractivity contribution in [3.05, 3.63) is 16.0 Å². The number of thiophene rings is 1. The van der Waals surface area contributed by atoms with Crippen molar-refractivity contribution >= 4 is 39.8 Å². The molecule has 0 aliphatic carbocycles. The van der Waals surface area contributed by atoms with E-state index in [-0.39, 0.29) is 17.7 Å². The van der Waals surface area contributed by atoms with Gasteiger partial charge in [-0.15, -0.1) is 22.9 Å². The van der Waals surface area contributed by atoms with E-state index in [1.807, 2.05) is 0 Å². The maximum atomic E-state index is 11.4. The molecule has 100 valence electrons. The van der Waals surface area contributed by atoms with Gasteiger partial charge in [0.25, 0.3) is 0 Å². The van der Waals surface area contributed by atoms with Crippen LogP contribution in [-0.2, 0) is 22.6 Å². The zero-order valence-corrected chi connectivity index (χ0v) is 11.9. The third-order valence-corrected chi connectivity index (χ3v) is 4.36. The molecule has 19 heavy (non-hydrogen) atoms. The highest BCUT2D eigenvalue weighted by atomic mass is 35.5. The van der Waals surface area contributed by atoms with Gasteiger partial charge in [-0.25, -0.2) is 0 Å². The summed E-state index contributed by atoms with van der Waals surface area (Å²) in [5.74, 6) is -0.461. The molecule has 1 aromatic heterocycles. The molecule has 1 aliphatic heterocycles. The lowest BCUT2D eigenvalue weighted by atomic mass is 10.0. The van der Waals surface area contributed by atoms with Crippen LogP contribution in [0.4, 0.5) is 5.00 Å². The van der Waals surface area contributed by atoms with Gasteiger partial charge in [0.05, 0.1) is 12.1 Å². The molecule has 0 spiro atoms. The molecule has 0 fully saturated rings. The number of hydrogen-bond donors (Lipinski definition) is 1. The minimum atomic E-state index is -0.333. The normalized spacial score (nSPS) is 13.6. The molecule has 0 saturated heterocycles. The summed E-state index contributed by atoms with van der Waals surface area (Å²) in [5, 5.41) is 12.4. The number of carbonyl (C=O) groups is 2. The van der Waals surface area contributed by atoms with Gasteiger partial charge in [-0.3, -0.25) is 9.59 Å². The van der Waals surface area contributed by atoms with E-state index in [9.17, 15) is 14.9 Å². The van der Waals surface area contributed by atoms with Gasteiger partial charge in [-0.1, -0.05) is 0 Å². The predicted octanol–water partition coefficient (Wildman–Crippen LogP) is 1.70. The molecular weight excluding hydrogens is 286 g/mol. The first-order valence-electron chi connectivity index (χ1n) is 5.72. The maximum Gasteiger partial charge on any atom is 0.239 e. The molecule has 5 nitrogen and oxygen atoms in total. The van der Waals surface area contributed by atoms with Gasteiger partial charge in [0.2, 0.25) is 11.8 Å². The number of rotatable bonds is 2. The van der Waals surface area contributed by atoms with E-state index >= 15 is 0 Å². The van der Waals surface area contributed by atoms with E-state index in [1.165, 1.54) is 18.3 Å². The molecule has 0 unspecified atom stereocenters. The van der Waals surface area contributed by atoms with Crippen molar-refractivity contribution in [3.8, 4) is 6.07 Å². The molecule has 0 radical (unpaired) electrons. The van der Waals surface area contributed by atoms with E-state index in [4.69, 9.17) is 11.6 Å². The van der Waals surface area contributed by atoms with E-state index in [1.54, 1.807) is 4.90 Å². The highest BCUT2D eigenvalue weighted by Gasteiger charge is 2.26. The Morgan fingerprint density at radius 3 is 2.89 bits per heavy atom. The minimum absolute atomic E-state index is 0.0175. The zero-order chi connectivity index (χ0) is 14.0. The average molecular weight is 298 g/mol. The topological polar surface area (TPSA) is 73.2 Å². The lowest BCUT2D eigenvalue weighted by Crippen LogP contribution is -2.33. The average Bonchev–Trinajstić information content (AvgIpc) is 2.74. The lowest BCUT2D eigenvalue weighted by molar-refractivity contribution is -0.129. The first-order valence-corrected chi connectivity index (χ1v) is 7.08. The van der Waals surface area contributed by atoms with Crippen molar-refractivity contribution in [2.75, 3.05) is 17.7 Å². The number of anilines is 1. The van der Waals surface area contributed by atoms with Gasteiger partial charge >= 0.3 is 0 Å². The second kappa shape index (κ2) is 5.59. The Morgan fingerprint density at radius 2 is 2.32 bits per heavy atom. The minimum Gasteiger partial charge on any atom is -0.337 e. The number of halogens is 1. The molecule has 0 aromatic carbocycles. The molecule has 2 amide bonds. The van der Waals surface area contributed by atoms with Crippen LogP contribution in [-0.4, -0.2) is 29.1 Å². The van der Waals surface area contributed by atoms with Gasteiger partial charge in [-0.2, -0.15) is 5.26 Å². The van der Waals surface area contributed by atoms with Gasteiger partial charge < -0.3 is 10.2 Å². The quantitative estimate of drug-likeness (QED) is 0.845. The van der Waals surface area contributed by atoms with E-state index in [0.717, 1.165) is 10.4 Å². The Bertz CT molecular complexity index is 576. The number of hydrogen-bond acceptors (Lipinski definition) is 4. The molecule has 1 aliphatic rings. The maximum absolute atomic E-state index is 11.4. The Morgan fingerprint density at radius 1 is 1.58 bits per heavy atom. The van der Waals surface area contributed by atoms with Gasteiger partial charge in [0.15, 0.2) is 0 Å². The fourth-order valence-electron chi connectivity index (χ4n) is 2.04. The first-order chi connectivity index (χ1) is 9.06. The van der Waals surface area contributed by atoms with Gasteiger partial charge in [0, 0.05) is 18.3 Å². The summed E-state index contributed by atoms with van der Waals surface area (Å²) in [6.07, 6.45) is 0.644. The summed E-state index contributed by atoms with van der Waals surface area (Å²) in [6, 6.07) is 2.13. The third kappa shape index (κ3) is 2.72. The summed E-state index contributed by atoms with van der Waals surface area (Å²) in [5.41, 5.74) is 1.44. The van der Waals surface area contributed by atoms with Crippen LogP contribution in [0.5, 0.6) is 0 Å². The number of amides is 2. The first kappa shape index (κ1) is 13.8. The Balaban J connectivity index is 2.32. The predicted molar refractivity (Wildman–Crippen MR) is 73.2 cm³/mol. The molecule has 7 heteroatoms. The lowest BCUT2D eigenvalue weighted by Gasteiger charge is -2.25. The molecular formula is C12H12ClN3O2S. The smallest absolute Gasteiger partial charge is 0.239 e. The molecule has 0 atom stereocenters. The number of nitriles is 1. The molecule has 0 bridgehead atoms. The van der Waals surface area contributed by atoms with E-state index in [0.29, 0.717) is 30.1 Å². The summed E-state index contributed by atoms with van der Waals surface area (Å²) in [7, 11) is 0. The van der Waals surface area contributed by atoms with Crippen molar-refractivity contribution in [1.29, 1.82) is 5.26 Å². The van der Waals surface area contributed by atoms with Crippen LogP contribution in [0.3, 0.4) is 0 Å². The molecule has 1 N–H and O–H groups in total. The molecule has 2 heterocycles. The van der Waals surface area contributed by atoms with Crippen LogP contribution in [0.15, 0.2) is 0 Å². The van der Waals surface area contributed by atoms with Crippen molar-refractivity contribution in [2.24, 2.45) is 0 Å². The third-order valence-electron chi connectivity index (χ3n) is 2.99. The summed E-state index contributed by atoms with van der Waals surface area (Å²) in [4.78, 5) is 25.4. The Kier molecular flexibility index (Phi) is 4.08. The highest BCUT2D eigenvalue weighted by Crippen LogP contribution is 2.36. The van der Waals surface area contributed by atoms with Gasteiger partial charge in [0.1, 0.15) is 17.0 Å². The number of nitrogens with zero attached hydrogens (tertiary/aromatic N) is 2. The fraction of sp³-hybridized carbons (Fsp3) is 0.417. The largest absolute Gasteiger partial charge is 0.337 e. The second-order valence-corrected chi connectivity index (χ2v) is 5.56. The molecule has 0 saturated carbocycles. The summed E-state index contributed by atoms with van der Waals surface area (Å²) < 4.78 is 0. The summed E-state index contributed by atoms with van der Waals surface area (Å²) in [6.45, 7) is 2.64. The fourth-order valence-corrected chi connectivity index (χ4v) is 3.34. The van der Waals surface area contributed by atoms with E-state index in [2.05, 4.69) is 11.4 Å².